The first kappa shape index (κ1) is 15.4. The minimum atomic E-state index is -0.348. The van der Waals surface area contributed by atoms with E-state index in [0.29, 0.717) is 11.6 Å². The summed E-state index contributed by atoms with van der Waals surface area (Å²) in [4.78, 5) is 4.78. The van der Waals surface area contributed by atoms with E-state index < -0.39 is 0 Å². The Bertz CT molecular complexity index is 492. The summed E-state index contributed by atoms with van der Waals surface area (Å²) in [5.74, 6) is -0.348. The van der Waals surface area contributed by atoms with Crippen molar-refractivity contribution in [3.05, 3.63) is 35.1 Å². The smallest absolute Gasteiger partial charge is 0.133 e. The van der Waals surface area contributed by atoms with Gasteiger partial charge in [-0.3, -0.25) is 0 Å². The standard InChI is InChI=1S/C15H22FN3S/c1-18(10-12-4-3-7-19(12)2)9-11-5-6-14(16)13(8-11)15(17)20/h5-6,8,12H,3-4,7,9-10H2,1-2H3,(H2,17,20). The molecule has 1 saturated heterocycles. The number of rotatable bonds is 5. The predicted molar refractivity (Wildman–Crippen MR) is 84.3 cm³/mol. The van der Waals surface area contributed by atoms with Gasteiger partial charge in [-0.1, -0.05) is 18.3 Å². The molecule has 1 heterocycles. The third-order valence-corrected chi connectivity index (χ3v) is 4.16. The van der Waals surface area contributed by atoms with E-state index >= 15 is 0 Å². The molecule has 0 amide bonds. The summed E-state index contributed by atoms with van der Waals surface area (Å²) in [6.45, 7) is 2.98. The third-order valence-electron chi connectivity index (χ3n) is 3.94. The molecule has 0 aromatic heterocycles. The summed E-state index contributed by atoms with van der Waals surface area (Å²) in [6, 6.07) is 5.62. The molecule has 20 heavy (non-hydrogen) atoms. The Morgan fingerprint density at radius 2 is 2.30 bits per heavy atom. The Hall–Kier alpha value is -1.04. The van der Waals surface area contributed by atoms with Crippen molar-refractivity contribution >= 4 is 17.2 Å². The first-order valence-electron chi connectivity index (χ1n) is 6.94. The van der Waals surface area contributed by atoms with Gasteiger partial charge in [0.15, 0.2) is 0 Å². The second-order valence-electron chi connectivity index (χ2n) is 5.65. The van der Waals surface area contributed by atoms with Crippen LogP contribution in [0.25, 0.3) is 0 Å². The van der Waals surface area contributed by atoms with E-state index in [4.69, 9.17) is 18.0 Å². The first-order chi connectivity index (χ1) is 9.47. The summed E-state index contributed by atoms with van der Waals surface area (Å²) in [5, 5.41) is 0. The van der Waals surface area contributed by atoms with Crippen LogP contribution in [-0.2, 0) is 6.54 Å². The third kappa shape index (κ3) is 3.75. The maximum Gasteiger partial charge on any atom is 0.133 e. The summed E-state index contributed by atoms with van der Waals surface area (Å²) < 4.78 is 13.5. The number of hydrogen-bond acceptors (Lipinski definition) is 3. The normalized spacial score (nSPS) is 19.7. The number of thiocarbonyl (C=S) groups is 1. The van der Waals surface area contributed by atoms with Crippen LogP contribution in [0.3, 0.4) is 0 Å². The van der Waals surface area contributed by atoms with Crippen LogP contribution in [0, 0.1) is 5.82 Å². The number of likely N-dealkylation sites (N-methyl/N-ethyl adjacent to an activating group) is 2. The van der Waals surface area contributed by atoms with E-state index in [9.17, 15) is 4.39 Å². The largest absolute Gasteiger partial charge is 0.389 e. The fourth-order valence-electron chi connectivity index (χ4n) is 2.81. The van der Waals surface area contributed by atoms with Gasteiger partial charge in [-0.05, 0) is 51.2 Å². The fraction of sp³-hybridized carbons (Fsp3) is 0.533. The van der Waals surface area contributed by atoms with Gasteiger partial charge in [0.25, 0.3) is 0 Å². The number of nitrogens with two attached hydrogens (primary N) is 1. The van der Waals surface area contributed by atoms with E-state index in [2.05, 4.69) is 23.9 Å². The van der Waals surface area contributed by atoms with Crippen LogP contribution in [-0.4, -0.2) is 48.0 Å². The second-order valence-corrected chi connectivity index (χ2v) is 6.09. The summed E-state index contributed by atoms with van der Waals surface area (Å²) in [7, 11) is 4.27. The molecule has 0 bridgehead atoms. The topological polar surface area (TPSA) is 32.5 Å². The quantitative estimate of drug-likeness (QED) is 0.842. The van der Waals surface area contributed by atoms with E-state index in [1.54, 1.807) is 12.1 Å². The Balaban J connectivity index is 1.98. The lowest BCUT2D eigenvalue weighted by molar-refractivity contribution is 0.215. The number of nitrogens with zero attached hydrogens (tertiary/aromatic N) is 2. The van der Waals surface area contributed by atoms with Crippen molar-refractivity contribution in [2.45, 2.75) is 25.4 Å². The molecule has 1 unspecified atom stereocenters. The van der Waals surface area contributed by atoms with Crippen LogP contribution in [0.15, 0.2) is 18.2 Å². The molecule has 0 radical (unpaired) electrons. The minimum Gasteiger partial charge on any atom is -0.389 e. The Morgan fingerprint density at radius 1 is 1.55 bits per heavy atom. The lowest BCUT2D eigenvalue weighted by Crippen LogP contribution is -2.36. The highest BCUT2D eigenvalue weighted by Gasteiger charge is 2.22. The van der Waals surface area contributed by atoms with Crippen LogP contribution < -0.4 is 5.73 Å². The van der Waals surface area contributed by atoms with Gasteiger partial charge >= 0.3 is 0 Å². The van der Waals surface area contributed by atoms with Crippen LogP contribution in [0.4, 0.5) is 4.39 Å². The lowest BCUT2D eigenvalue weighted by atomic mass is 10.1. The Labute approximate surface area is 125 Å². The van der Waals surface area contributed by atoms with E-state index in [0.717, 1.165) is 18.7 Å². The SMILES string of the molecule is CN(Cc1ccc(F)c(C(N)=S)c1)CC1CCCN1C. The maximum absolute atomic E-state index is 13.5. The van der Waals surface area contributed by atoms with Crippen LogP contribution in [0.1, 0.15) is 24.0 Å². The summed E-state index contributed by atoms with van der Waals surface area (Å²) in [5.41, 5.74) is 6.91. The molecular weight excluding hydrogens is 273 g/mol. The molecule has 2 rings (SSSR count). The first-order valence-corrected chi connectivity index (χ1v) is 7.35. The molecule has 1 aliphatic rings. The summed E-state index contributed by atoms with van der Waals surface area (Å²) in [6.07, 6.45) is 2.53. The molecule has 1 fully saturated rings. The van der Waals surface area contributed by atoms with Crippen molar-refractivity contribution < 1.29 is 4.39 Å². The molecule has 0 saturated carbocycles. The van der Waals surface area contributed by atoms with E-state index in [-0.39, 0.29) is 10.8 Å². The molecule has 1 aliphatic heterocycles. The van der Waals surface area contributed by atoms with Crippen molar-refractivity contribution in [2.24, 2.45) is 5.73 Å². The van der Waals surface area contributed by atoms with Gasteiger partial charge in [0.1, 0.15) is 10.8 Å². The molecule has 1 aromatic carbocycles. The van der Waals surface area contributed by atoms with Gasteiger partial charge in [-0.15, -0.1) is 0 Å². The van der Waals surface area contributed by atoms with Crippen LogP contribution in [0.2, 0.25) is 0 Å². The van der Waals surface area contributed by atoms with E-state index in [1.165, 1.54) is 25.5 Å². The zero-order valence-corrected chi connectivity index (χ0v) is 12.9. The molecular formula is C15H22FN3S. The molecule has 2 N–H and O–H groups in total. The van der Waals surface area contributed by atoms with Crippen molar-refractivity contribution in [3.8, 4) is 0 Å². The molecule has 3 nitrogen and oxygen atoms in total. The molecule has 1 atom stereocenters. The lowest BCUT2D eigenvalue weighted by Gasteiger charge is -2.26. The minimum absolute atomic E-state index is 0.113. The van der Waals surface area contributed by atoms with Crippen molar-refractivity contribution in [1.29, 1.82) is 0 Å². The van der Waals surface area contributed by atoms with Crippen molar-refractivity contribution in [3.63, 3.8) is 0 Å². The maximum atomic E-state index is 13.5. The Kier molecular flexibility index (Phi) is 5.07. The number of halogens is 1. The highest BCUT2D eigenvalue weighted by atomic mass is 32.1. The number of likely N-dealkylation sites (tertiary alicyclic amines) is 1. The molecule has 110 valence electrons. The zero-order chi connectivity index (χ0) is 14.7. The van der Waals surface area contributed by atoms with Gasteiger partial charge < -0.3 is 15.5 Å². The average molecular weight is 295 g/mol. The second kappa shape index (κ2) is 6.61. The van der Waals surface area contributed by atoms with E-state index in [1.807, 2.05) is 0 Å². The Morgan fingerprint density at radius 3 is 2.90 bits per heavy atom. The van der Waals surface area contributed by atoms with Gasteiger partial charge in [0.2, 0.25) is 0 Å². The van der Waals surface area contributed by atoms with Crippen molar-refractivity contribution in [2.75, 3.05) is 27.2 Å². The number of hydrogen-bond donors (Lipinski definition) is 1. The monoisotopic (exact) mass is 295 g/mol. The highest BCUT2D eigenvalue weighted by molar-refractivity contribution is 7.80. The molecule has 1 aromatic rings. The van der Waals surface area contributed by atoms with Gasteiger partial charge in [-0.25, -0.2) is 4.39 Å². The van der Waals surface area contributed by atoms with Gasteiger partial charge in [0.05, 0.1) is 0 Å². The van der Waals surface area contributed by atoms with Crippen LogP contribution in [0.5, 0.6) is 0 Å². The fourth-order valence-corrected chi connectivity index (χ4v) is 2.96. The molecule has 0 spiro atoms. The van der Waals surface area contributed by atoms with Crippen LogP contribution >= 0.6 is 12.2 Å². The predicted octanol–water partition coefficient (Wildman–Crippen LogP) is 1.99. The van der Waals surface area contributed by atoms with Gasteiger partial charge in [0, 0.05) is 24.7 Å². The van der Waals surface area contributed by atoms with Crippen molar-refractivity contribution in [1.82, 2.24) is 9.80 Å². The number of benzene rings is 1. The summed E-state index contributed by atoms with van der Waals surface area (Å²) >= 11 is 4.87. The molecule has 5 heteroatoms. The molecule has 0 aliphatic carbocycles. The van der Waals surface area contributed by atoms with Gasteiger partial charge in [-0.2, -0.15) is 0 Å². The highest BCUT2D eigenvalue weighted by Crippen LogP contribution is 2.17. The average Bonchev–Trinajstić information content (AvgIpc) is 2.77. The zero-order valence-electron chi connectivity index (χ0n) is 12.1.